The first-order chi connectivity index (χ1) is 11.8. The van der Waals surface area contributed by atoms with Gasteiger partial charge in [0.25, 0.3) is 0 Å². The summed E-state index contributed by atoms with van der Waals surface area (Å²) < 4.78 is 13.1. The molecule has 0 bridgehead atoms. The van der Waals surface area contributed by atoms with E-state index in [1.165, 1.54) is 0 Å². The van der Waals surface area contributed by atoms with Crippen LogP contribution in [0.3, 0.4) is 0 Å². The first kappa shape index (κ1) is 15.1. The molecular weight excluding hydrogens is 344 g/mol. The molecule has 0 fully saturated rings. The van der Waals surface area contributed by atoms with Crippen LogP contribution < -0.4 is 4.80 Å². The highest BCUT2D eigenvalue weighted by atomic mass is 35.5. The zero-order chi connectivity index (χ0) is 16.4. The monoisotopic (exact) mass is 356 g/mol. The fourth-order valence-electron chi connectivity index (χ4n) is 2.38. The molecule has 3 heterocycles. The van der Waals surface area contributed by atoms with Crippen molar-refractivity contribution in [2.45, 2.75) is 6.54 Å². The third-order valence-corrected chi connectivity index (χ3v) is 4.63. The van der Waals surface area contributed by atoms with Crippen LogP contribution in [-0.2, 0) is 6.54 Å². The van der Waals surface area contributed by atoms with Crippen molar-refractivity contribution in [3.8, 4) is 11.5 Å². The van der Waals surface area contributed by atoms with E-state index < -0.39 is 0 Å². The highest BCUT2D eigenvalue weighted by Crippen LogP contribution is 2.23. The maximum absolute atomic E-state index is 5.94. The summed E-state index contributed by atoms with van der Waals surface area (Å²) in [5.74, 6) is 1.66. The average molecular weight is 357 g/mol. The predicted molar refractivity (Wildman–Crippen MR) is 94.5 cm³/mol. The summed E-state index contributed by atoms with van der Waals surface area (Å²) in [6.07, 6.45) is 3.34. The molecule has 4 nitrogen and oxygen atoms in total. The van der Waals surface area contributed by atoms with E-state index in [4.69, 9.17) is 25.4 Å². The van der Waals surface area contributed by atoms with E-state index in [0.717, 1.165) is 27.7 Å². The second-order valence-corrected chi connectivity index (χ2v) is 6.41. The summed E-state index contributed by atoms with van der Waals surface area (Å²) >= 11 is 7.50. The first-order valence-electron chi connectivity index (χ1n) is 7.34. The van der Waals surface area contributed by atoms with Gasteiger partial charge in [0.2, 0.25) is 0 Å². The Morgan fingerprint density at radius 2 is 1.79 bits per heavy atom. The summed E-state index contributed by atoms with van der Waals surface area (Å²) in [4.78, 5) is 5.59. The van der Waals surface area contributed by atoms with Crippen LogP contribution in [0.4, 0.5) is 5.69 Å². The lowest BCUT2D eigenvalue weighted by Crippen LogP contribution is -2.16. The van der Waals surface area contributed by atoms with E-state index in [2.05, 4.69) is 4.57 Å². The van der Waals surface area contributed by atoms with E-state index in [1.54, 1.807) is 23.9 Å². The Bertz CT molecular complexity index is 981. The minimum atomic E-state index is 0.582. The second kappa shape index (κ2) is 6.55. The van der Waals surface area contributed by atoms with Crippen molar-refractivity contribution in [1.82, 2.24) is 4.57 Å². The van der Waals surface area contributed by atoms with Gasteiger partial charge in [-0.15, -0.1) is 11.3 Å². The molecule has 120 valence electrons. The molecule has 0 aliphatic rings. The van der Waals surface area contributed by atoms with Crippen LogP contribution in [-0.4, -0.2) is 4.57 Å². The van der Waals surface area contributed by atoms with Gasteiger partial charge >= 0.3 is 0 Å². The quantitative estimate of drug-likeness (QED) is 0.495. The Hall–Kier alpha value is -2.50. The Labute approximate surface area is 147 Å². The Balaban J connectivity index is 1.83. The number of aromatic nitrogens is 1. The van der Waals surface area contributed by atoms with Gasteiger partial charge in [0.15, 0.2) is 10.6 Å². The van der Waals surface area contributed by atoms with Crippen LogP contribution in [0.1, 0.15) is 5.76 Å². The molecule has 0 radical (unpaired) electrons. The molecule has 0 aliphatic heterocycles. The van der Waals surface area contributed by atoms with Gasteiger partial charge in [-0.3, -0.25) is 0 Å². The summed E-state index contributed by atoms with van der Waals surface area (Å²) in [6.45, 7) is 0.582. The Morgan fingerprint density at radius 3 is 2.50 bits per heavy atom. The summed E-state index contributed by atoms with van der Waals surface area (Å²) in [5, 5.41) is 2.73. The van der Waals surface area contributed by atoms with Crippen LogP contribution in [0.15, 0.2) is 80.3 Å². The number of hydrogen-bond acceptors (Lipinski definition) is 4. The third kappa shape index (κ3) is 3.09. The Kier molecular flexibility index (Phi) is 4.11. The molecule has 0 amide bonds. The molecule has 0 N–H and O–H groups in total. The topological polar surface area (TPSA) is 43.6 Å². The first-order valence-corrected chi connectivity index (χ1v) is 8.60. The van der Waals surface area contributed by atoms with Crippen molar-refractivity contribution >= 4 is 28.6 Å². The van der Waals surface area contributed by atoms with E-state index >= 15 is 0 Å². The number of furan rings is 2. The second-order valence-electron chi connectivity index (χ2n) is 5.13. The van der Waals surface area contributed by atoms with Crippen LogP contribution in [0.25, 0.3) is 11.5 Å². The molecule has 24 heavy (non-hydrogen) atoms. The van der Waals surface area contributed by atoms with E-state index in [1.807, 2.05) is 53.9 Å². The number of halogens is 1. The van der Waals surface area contributed by atoms with Gasteiger partial charge in [0.1, 0.15) is 5.76 Å². The fraction of sp³-hybridized carbons (Fsp3) is 0.0556. The number of thiazole rings is 1. The number of rotatable bonds is 4. The van der Waals surface area contributed by atoms with Crippen LogP contribution >= 0.6 is 22.9 Å². The minimum Gasteiger partial charge on any atom is -0.467 e. The standard InChI is InChI=1S/C18H13ClN2O2S/c19-13-5-7-14(8-6-13)20-18-21(11-15-3-1-9-22-15)16(12-24-18)17-4-2-10-23-17/h1-10,12H,11H2. The lowest BCUT2D eigenvalue weighted by Gasteiger charge is -2.05. The molecule has 4 rings (SSSR count). The average Bonchev–Trinajstić information content (AvgIpc) is 3.33. The zero-order valence-corrected chi connectivity index (χ0v) is 14.1. The van der Waals surface area contributed by atoms with Gasteiger partial charge in [-0.2, -0.15) is 0 Å². The van der Waals surface area contributed by atoms with Gasteiger partial charge in [0, 0.05) is 10.4 Å². The molecule has 1 aromatic carbocycles. The van der Waals surface area contributed by atoms with Gasteiger partial charge in [-0.1, -0.05) is 11.6 Å². The van der Waals surface area contributed by atoms with Crippen LogP contribution in [0, 0.1) is 0 Å². The highest BCUT2D eigenvalue weighted by molar-refractivity contribution is 7.07. The maximum atomic E-state index is 5.94. The third-order valence-electron chi connectivity index (χ3n) is 3.52. The van der Waals surface area contributed by atoms with Gasteiger partial charge in [-0.25, -0.2) is 4.99 Å². The number of nitrogens with zero attached hydrogens (tertiary/aromatic N) is 2. The molecule has 0 aliphatic carbocycles. The van der Waals surface area contributed by atoms with E-state index in [0.29, 0.717) is 11.6 Å². The summed E-state index contributed by atoms with van der Waals surface area (Å²) in [6, 6.07) is 15.1. The molecule has 0 unspecified atom stereocenters. The van der Waals surface area contributed by atoms with E-state index in [9.17, 15) is 0 Å². The van der Waals surface area contributed by atoms with Crippen LogP contribution in [0.2, 0.25) is 5.02 Å². The minimum absolute atomic E-state index is 0.582. The molecule has 0 atom stereocenters. The lowest BCUT2D eigenvalue weighted by atomic mass is 10.3. The number of hydrogen-bond donors (Lipinski definition) is 0. The van der Waals surface area contributed by atoms with Gasteiger partial charge in [0.05, 0.1) is 30.5 Å². The van der Waals surface area contributed by atoms with Crippen LogP contribution in [0.5, 0.6) is 0 Å². The predicted octanol–water partition coefficient (Wildman–Crippen LogP) is 5.34. The molecule has 0 spiro atoms. The maximum Gasteiger partial charge on any atom is 0.190 e. The van der Waals surface area contributed by atoms with Crippen molar-refractivity contribution in [3.05, 3.63) is 82.0 Å². The SMILES string of the molecule is Clc1ccc(N=c2scc(-c3ccco3)n2Cc2ccco2)cc1. The van der Waals surface area contributed by atoms with Crippen molar-refractivity contribution in [1.29, 1.82) is 0 Å². The molecule has 4 aromatic rings. The zero-order valence-electron chi connectivity index (χ0n) is 12.6. The normalized spacial score (nSPS) is 12.0. The molecule has 0 saturated heterocycles. The fourth-order valence-corrected chi connectivity index (χ4v) is 3.41. The summed E-state index contributed by atoms with van der Waals surface area (Å²) in [5.41, 5.74) is 1.81. The van der Waals surface area contributed by atoms with Crippen molar-refractivity contribution in [2.24, 2.45) is 4.99 Å². The molecule has 3 aromatic heterocycles. The van der Waals surface area contributed by atoms with Crippen molar-refractivity contribution in [2.75, 3.05) is 0 Å². The molecule has 6 heteroatoms. The Morgan fingerprint density at radius 1 is 1.00 bits per heavy atom. The number of benzene rings is 1. The largest absolute Gasteiger partial charge is 0.467 e. The van der Waals surface area contributed by atoms with E-state index in [-0.39, 0.29) is 0 Å². The van der Waals surface area contributed by atoms with Crippen molar-refractivity contribution in [3.63, 3.8) is 0 Å². The van der Waals surface area contributed by atoms with Crippen molar-refractivity contribution < 1.29 is 8.83 Å². The highest BCUT2D eigenvalue weighted by Gasteiger charge is 2.12. The smallest absolute Gasteiger partial charge is 0.190 e. The molecule has 0 saturated carbocycles. The lowest BCUT2D eigenvalue weighted by molar-refractivity contribution is 0.489. The van der Waals surface area contributed by atoms with Gasteiger partial charge in [-0.05, 0) is 48.5 Å². The molecular formula is C18H13ClN2O2S. The van der Waals surface area contributed by atoms with Gasteiger partial charge < -0.3 is 13.4 Å². The summed E-state index contributed by atoms with van der Waals surface area (Å²) in [7, 11) is 0.